The highest BCUT2D eigenvalue weighted by atomic mass is 32.2. The van der Waals surface area contributed by atoms with Gasteiger partial charge in [-0.15, -0.1) is 0 Å². The van der Waals surface area contributed by atoms with Gasteiger partial charge in [-0.25, -0.2) is 9.97 Å². The monoisotopic (exact) mass is 474 g/mol. The summed E-state index contributed by atoms with van der Waals surface area (Å²) in [7, 11) is 0. The molecule has 5 nitrogen and oxygen atoms in total. The molecule has 0 saturated carbocycles. The summed E-state index contributed by atoms with van der Waals surface area (Å²) in [6.07, 6.45) is 3.59. The number of carbonyl (C=O) groups is 1. The fourth-order valence-corrected chi connectivity index (χ4v) is 5.31. The van der Waals surface area contributed by atoms with Crippen molar-refractivity contribution in [2.75, 3.05) is 11.9 Å². The standard InChI is InChI=1S/C26H26N4OS2/c1-4-30(17-20-10-6-5-9-18(20)2)25(31)22-15-21(13-12-19(22)3)32-24-16-28-26(33-24)29-23-11-7-8-14-27-23/h5-16H,4,17H2,1-3H3,(H,27,28,29). The number of amides is 1. The predicted octanol–water partition coefficient (Wildman–Crippen LogP) is 6.71. The molecule has 0 unspecified atom stereocenters. The van der Waals surface area contributed by atoms with Crippen molar-refractivity contribution in [2.24, 2.45) is 0 Å². The number of aryl methyl sites for hydroxylation is 2. The van der Waals surface area contributed by atoms with Gasteiger partial charge in [-0.05, 0) is 61.7 Å². The lowest BCUT2D eigenvalue weighted by atomic mass is 10.1. The molecule has 2 aromatic heterocycles. The highest BCUT2D eigenvalue weighted by molar-refractivity contribution is 8.01. The lowest BCUT2D eigenvalue weighted by Crippen LogP contribution is -2.31. The smallest absolute Gasteiger partial charge is 0.254 e. The maximum atomic E-state index is 13.4. The molecule has 7 heteroatoms. The van der Waals surface area contributed by atoms with Gasteiger partial charge in [-0.1, -0.05) is 59.5 Å². The van der Waals surface area contributed by atoms with Gasteiger partial charge in [0.05, 0.1) is 10.4 Å². The van der Waals surface area contributed by atoms with Crippen LogP contribution in [0.2, 0.25) is 0 Å². The first kappa shape index (κ1) is 23.0. The number of nitrogens with one attached hydrogen (secondary N) is 1. The van der Waals surface area contributed by atoms with Crippen LogP contribution >= 0.6 is 23.1 Å². The Balaban J connectivity index is 1.49. The average Bonchev–Trinajstić information content (AvgIpc) is 3.26. The Hall–Kier alpha value is -3.16. The number of benzene rings is 2. The van der Waals surface area contributed by atoms with E-state index in [1.807, 2.05) is 67.4 Å². The first-order chi connectivity index (χ1) is 16.0. The topological polar surface area (TPSA) is 58.1 Å². The fourth-order valence-electron chi connectivity index (χ4n) is 3.41. The van der Waals surface area contributed by atoms with E-state index in [4.69, 9.17) is 0 Å². The van der Waals surface area contributed by atoms with Crippen LogP contribution in [0.3, 0.4) is 0 Å². The molecule has 4 aromatic rings. The van der Waals surface area contributed by atoms with Gasteiger partial charge in [0.1, 0.15) is 5.82 Å². The van der Waals surface area contributed by atoms with Crippen molar-refractivity contribution in [3.63, 3.8) is 0 Å². The van der Waals surface area contributed by atoms with Crippen LogP contribution in [0, 0.1) is 13.8 Å². The number of thiazole rings is 1. The second kappa shape index (κ2) is 10.6. The third-order valence-electron chi connectivity index (χ3n) is 5.33. The minimum atomic E-state index is 0.0579. The minimum Gasteiger partial charge on any atom is -0.335 e. The highest BCUT2D eigenvalue weighted by Crippen LogP contribution is 2.35. The Bertz CT molecular complexity index is 1240. The van der Waals surface area contributed by atoms with Gasteiger partial charge >= 0.3 is 0 Å². The Kier molecular flexibility index (Phi) is 7.42. The van der Waals surface area contributed by atoms with Crippen molar-refractivity contribution in [3.05, 3.63) is 95.3 Å². The summed E-state index contributed by atoms with van der Waals surface area (Å²) < 4.78 is 1.04. The number of nitrogens with zero attached hydrogens (tertiary/aromatic N) is 3. The molecular weight excluding hydrogens is 448 g/mol. The number of rotatable bonds is 8. The zero-order valence-electron chi connectivity index (χ0n) is 18.9. The molecule has 2 aromatic carbocycles. The van der Waals surface area contributed by atoms with Crippen molar-refractivity contribution in [3.8, 4) is 0 Å². The molecular formula is C26H26N4OS2. The first-order valence-electron chi connectivity index (χ1n) is 10.8. The van der Waals surface area contributed by atoms with Crippen LogP contribution in [-0.2, 0) is 6.54 Å². The molecule has 33 heavy (non-hydrogen) atoms. The van der Waals surface area contributed by atoms with Crippen molar-refractivity contribution in [1.29, 1.82) is 0 Å². The summed E-state index contributed by atoms with van der Waals surface area (Å²) in [4.78, 5) is 25.1. The zero-order chi connectivity index (χ0) is 23.2. The van der Waals surface area contributed by atoms with Crippen molar-refractivity contribution in [1.82, 2.24) is 14.9 Å². The lowest BCUT2D eigenvalue weighted by molar-refractivity contribution is 0.0751. The molecule has 0 bridgehead atoms. The SMILES string of the molecule is CCN(Cc1ccccc1C)C(=O)c1cc(Sc2cnc(Nc3ccccn3)s2)ccc1C. The van der Waals surface area contributed by atoms with Crippen molar-refractivity contribution < 1.29 is 4.79 Å². The van der Waals surface area contributed by atoms with E-state index in [1.54, 1.807) is 29.3 Å². The summed E-state index contributed by atoms with van der Waals surface area (Å²) in [6.45, 7) is 7.36. The molecule has 0 aliphatic rings. The summed E-state index contributed by atoms with van der Waals surface area (Å²) in [5.74, 6) is 0.822. The second-order valence-corrected chi connectivity index (χ2v) is 10.1. The lowest BCUT2D eigenvalue weighted by Gasteiger charge is -2.23. The second-order valence-electron chi connectivity index (χ2n) is 7.65. The Morgan fingerprint density at radius 3 is 2.61 bits per heavy atom. The summed E-state index contributed by atoms with van der Waals surface area (Å²) in [5.41, 5.74) is 4.10. The molecule has 0 aliphatic carbocycles. The van der Waals surface area contributed by atoms with Crippen molar-refractivity contribution in [2.45, 2.75) is 36.4 Å². The summed E-state index contributed by atoms with van der Waals surface area (Å²) in [5, 5.41) is 4.01. The predicted molar refractivity (Wildman–Crippen MR) is 137 cm³/mol. The third kappa shape index (κ3) is 5.80. The van der Waals surface area contributed by atoms with Crippen molar-refractivity contribution >= 4 is 40.0 Å². The van der Waals surface area contributed by atoms with E-state index in [2.05, 4.69) is 40.4 Å². The van der Waals surface area contributed by atoms with Gasteiger partial charge in [0.25, 0.3) is 5.91 Å². The van der Waals surface area contributed by atoms with Crippen LogP contribution in [-0.4, -0.2) is 27.3 Å². The van der Waals surface area contributed by atoms with Gasteiger partial charge in [-0.2, -0.15) is 0 Å². The quantitative estimate of drug-likeness (QED) is 0.307. The molecule has 0 aliphatic heterocycles. The van der Waals surface area contributed by atoms with E-state index in [9.17, 15) is 4.79 Å². The molecule has 0 fully saturated rings. The van der Waals surface area contributed by atoms with Crippen LogP contribution in [0.1, 0.15) is 34.0 Å². The van der Waals surface area contributed by atoms with E-state index in [0.29, 0.717) is 13.1 Å². The first-order valence-corrected chi connectivity index (χ1v) is 12.4. The fraction of sp³-hybridized carbons (Fsp3) is 0.192. The summed E-state index contributed by atoms with van der Waals surface area (Å²) in [6, 6.07) is 20.0. The maximum absolute atomic E-state index is 13.4. The van der Waals surface area contributed by atoms with Gasteiger partial charge in [0, 0.05) is 29.7 Å². The largest absolute Gasteiger partial charge is 0.335 e. The molecule has 1 N–H and O–H groups in total. The molecule has 0 radical (unpaired) electrons. The van der Waals surface area contributed by atoms with E-state index in [0.717, 1.165) is 31.2 Å². The van der Waals surface area contributed by atoms with E-state index in [-0.39, 0.29) is 5.91 Å². The van der Waals surface area contributed by atoms with E-state index in [1.165, 1.54) is 11.1 Å². The molecule has 2 heterocycles. The van der Waals surface area contributed by atoms with Crippen LogP contribution in [0.4, 0.5) is 10.9 Å². The maximum Gasteiger partial charge on any atom is 0.254 e. The minimum absolute atomic E-state index is 0.0579. The Morgan fingerprint density at radius 2 is 1.85 bits per heavy atom. The van der Waals surface area contributed by atoms with Crippen LogP contribution in [0.15, 0.2) is 82.2 Å². The van der Waals surface area contributed by atoms with Crippen LogP contribution in [0.25, 0.3) is 0 Å². The van der Waals surface area contributed by atoms with Crippen LogP contribution in [0.5, 0.6) is 0 Å². The average molecular weight is 475 g/mol. The van der Waals surface area contributed by atoms with Gasteiger partial charge in [0.15, 0.2) is 5.13 Å². The van der Waals surface area contributed by atoms with Gasteiger partial charge in [0.2, 0.25) is 0 Å². The third-order valence-corrected chi connectivity index (χ3v) is 7.34. The highest BCUT2D eigenvalue weighted by Gasteiger charge is 2.18. The van der Waals surface area contributed by atoms with Gasteiger partial charge < -0.3 is 10.2 Å². The molecule has 0 saturated heterocycles. The number of aromatic nitrogens is 2. The number of hydrogen-bond acceptors (Lipinski definition) is 6. The molecule has 0 spiro atoms. The number of hydrogen-bond donors (Lipinski definition) is 1. The van der Waals surface area contributed by atoms with Gasteiger partial charge in [-0.3, -0.25) is 4.79 Å². The van der Waals surface area contributed by atoms with Crippen LogP contribution < -0.4 is 5.32 Å². The molecule has 1 amide bonds. The van der Waals surface area contributed by atoms with E-state index < -0.39 is 0 Å². The molecule has 0 atom stereocenters. The molecule has 168 valence electrons. The normalized spacial score (nSPS) is 10.8. The number of anilines is 2. The van der Waals surface area contributed by atoms with E-state index >= 15 is 0 Å². The number of pyridine rings is 1. The zero-order valence-corrected chi connectivity index (χ0v) is 20.5. The Labute approximate surface area is 202 Å². The Morgan fingerprint density at radius 1 is 1.03 bits per heavy atom. The molecule has 4 rings (SSSR count). The summed E-state index contributed by atoms with van der Waals surface area (Å²) >= 11 is 3.17. The number of carbonyl (C=O) groups excluding carboxylic acids is 1.